The minimum Gasteiger partial charge on any atom is -0.393 e. The van der Waals surface area contributed by atoms with Gasteiger partial charge in [-0.1, -0.05) is 50.1 Å². The molecule has 0 aromatic heterocycles. The van der Waals surface area contributed by atoms with Crippen LogP contribution in [0.3, 0.4) is 0 Å². The van der Waals surface area contributed by atoms with E-state index in [4.69, 9.17) is 0 Å². The van der Waals surface area contributed by atoms with Crippen molar-refractivity contribution in [1.82, 2.24) is 5.32 Å². The molecule has 1 fully saturated rings. The van der Waals surface area contributed by atoms with Gasteiger partial charge < -0.3 is 10.4 Å². The van der Waals surface area contributed by atoms with Crippen molar-refractivity contribution in [3.63, 3.8) is 0 Å². The third-order valence-electron chi connectivity index (χ3n) is 4.49. The van der Waals surface area contributed by atoms with E-state index in [1.165, 1.54) is 31.2 Å². The molecule has 1 saturated carbocycles. The van der Waals surface area contributed by atoms with Crippen LogP contribution in [0, 0.1) is 5.92 Å². The average molecular weight is 275 g/mol. The van der Waals surface area contributed by atoms with Gasteiger partial charge in [0.25, 0.3) is 0 Å². The number of benzene rings is 1. The predicted molar refractivity (Wildman–Crippen MR) is 84.9 cm³/mol. The summed E-state index contributed by atoms with van der Waals surface area (Å²) >= 11 is 0. The molecule has 0 bridgehead atoms. The number of aliphatic hydroxyl groups is 1. The smallest absolute Gasteiger partial charge is 0.0518 e. The molecule has 2 nitrogen and oxygen atoms in total. The van der Waals surface area contributed by atoms with Gasteiger partial charge in [0.15, 0.2) is 0 Å². The summed E-state index contributed by atoms with van der Waals surface area (Å²) in [6.45, 7) is 5.23. The van der Waals surface area contributed by atoms with Gasteiger partial charge in [0.2, 0.25) is 0 Å². The molecule has 1 aliphatic carbocycles. The number of hydrogen-bond acceptors (Lipinski definition) is 2. The lowest BCUT2D eigenvalue weighted by molar-refractivity contribution is 0.171. The molecule has 2 rings (SSSR count). The van der Waals surface area contributed by atoms with Crippen LogP contribution in [0.1, 0.15) is 57.4 Å². The van der Waals surface area contributed by atoms with Crippen LogP contribution in [0.5, 0.6) is 0 Å². The maximum atomic E-state index is 9.74. The van der Waals surface area contributed by atoms with Crippen molar-refractivity contribution >= 4 is 0 Å². The number of aliphatic hydroxyl groups excluding tert-OH is 1. The van der Waals surface area contributed by atoms with Crippen LogP contribution in [-0.4, -0.2) is 23.8 Å². The summed E-state index contributed by atoms with van der Waals surface area (Å²) in [5.74, 6) is 1.27. The largest absolute Gasteiger partial charge is 0.393 e. The SMILES string of the molecule is CC(O)CC(CNC1CCCC(C)C1)c1ccccc1. The Bertz CT molecular complexity index is 376. The van der Waals surface area contributed by atoms with E-state index in [1.807, 2.05) is 6.92 Å². The van der Waals surface area contributed by atoms with Gasteiger partial charge in [-0.3, -0.25) is 0 Å². The molecule has 20 heavy (non-hydrogen) atoms. The molecule has 0 saturated heterocycles. The first-order chi connectivity index (χ1) is 9.65. The highest BCUT2D eigenvalue weighted by molar-refractivity contribution is 5.20. The first kappa shape index (κ1) is 15.5. The highest BCUT2D eigenvalue weighted by Crippen LogP contribution is 2.25. The van der Waals surface area contributed by atoms with Crippen LogP contribution >= 0.6 is 0 Å². The third-order valence-corrected chi connectivity index (χ3v) is 4.49. The summed E-state index contributed by atoms with van der Waals surface area (Å²) in [6, 6.07) is 11.3. The Morgan fingerprint density at radius 1 is 1.25 bits per heavy atom. The minimum atomic E-state index is -0.243. The van der Waals surface area contributed by atoms with Gasteiger partial charge in [-0.2, -0.15) is 0 Å². The molecule has 1 aromatic carbocycles. The van der Waals surface area contributed by atoms with Crippen molar-refractivity contribution in [2.24, 2.45) is 5.92 Å². The fourth-order valence-corrected chi connectivity index (χ4v) is 3.40. The molecule has 0 spiro atoms. The summed E-state index contributed by atoms with van der Waals surface area (Å²) in [7, 11) is 0. The lowest BCUT2D eigenvalue weighted by Gasteiger charge is -2.30. The second kappa shape index (κ2) is 7.80. The third kappa shape index (κ3) is 4.92. The summed E-state index contributed by atoms with van der Waals surface area (Å²) < 4.78 is 0. The van der Waals surface area contributed by atoms with Crippen LogP contribution < -0.4 is 5.32 Å². The van der Waals surface area contributed by atoms with Gasteiger partial charge in [-0.05, 0) is 43.6 Å². The van der Waals surface area contributed by atoms with E-state index in [9.17, 15) is 5.11 Å². The molecule has 112 valence electrons. The number of rotatable bonds is 6. The quantitative estimate of drug-likeness (QED) is 0.829. The molecule has 4 atom stereocenters. The normalized spacial score (nSPS) is 26.1. The van der Waals surface area contributed by atoms with E-state index in [2.05, 4.69) is 42.6 Å². The average Bonchev–Trinajstić information content (AvgIpc) is 2.44. The van der Waals surface area contributed by atoms with Crippen LogP contribution in [0.15, 0.2) is 30.3 Å². The van der Waals surface area contributed by atoms with E-state index in [-0.39, 0.29) is 6.10 Å². The lowest BCUT2D eigenvalue weighted by atomic mass is 9.86. The van der Waals surface area contributed by atoms with E-state index >= 15 is 0 Å². The predicted octanol–water partition coefficient (Wildman–Crippen LogP) is 3.71. The highest BCUT2D eigenvalue weighted by atomic mass is 16.3. The summed E-state index contributed by atoms with van der Waals surface area (Å²) in [4.78, 5) is 0. The summed E-state index contributed by atoms with van der Waals surface area (Å²) in [6.07, 6.45) is 5.93. The van der Waals surface area contributed by atoms with Gasteiger partial charge in [-0.25, -0.2) is 0 Å². The van der Waals surface area contributed by atoms with Crippen LogP contribution in [0.25, 0.3) is 0 Å². The first-order valence-corrected chi connectivity index (χ1v) is 8.11. The minimum absolute atomic E-state index is 0.243. The van der Waals surface area contributed by atoms with Crippen LogP contribution in [0.2, 0.25) is 0 Å². The Balaban J connectivity index is 1.91. The van der Waals surface area contributed by atoms with E-state index in [0.29, 0.717) is 12.0 Å². The van der Waals surface area contributed by atoms with Crippen molar-refractivity contribution < 1.29 is 5.11 Å². The van der Waals surface area contributed by atoms with E-state index in [1.54, 1.807) is 0 Å². The highest BCUT2D eigenvalue weighted by Gasteiger charge is 2.20. The zero-order valence-electron chi connectivity index (χ0n) is 12.9. The lowest BCUT2D eigenvalue weighted by Crippen LogP contribution is -2.36. The van der Waals surface area contributed by atoms with Crippen molar-refractivity contribution in [1.29, 1.82) is 0 Å². The topological polar surface area (TPSA) is 32.3 Å². The zero-order chi connectivity index (χ0) is 14.4. The molecule has 0 heterocycles. The molecule has 0 aliphatic heterocycles. The standard InChI is InChI=1S/C18H29NO/c1-14-7-6-10-18(11-14)19-13-17(12-15(2)20)16-8-4-3-5-9-16/h3-5,8-9,14-15,17-20H,6-7,10-13H2,1-2H3. The Hall–Kier alpha value is -0.860. The summed E-state index contributed by atoms with van der Waals surface area (Å²) in [5, 5.41) is 13.5. The maximum absolute atomic E-state index is 9.74. The van der Waals surface area contributed by atoms with Gasteiger partial charge in [0.05, 0.1) is 6.10 Å². The Morgan fingerprint density at radius 2 is 2.00 bits per heavy atom. The van der Waals surface area contributed by atoms with Gasteiger partial charge in [0, 0.05) is 12.6 Å². The molecular formula is C18H29NO. The van der Waals surface area contributed by atoms with E-state index < -0.39 is 0 Å². The second-order valence-corrected chi connectivity index (χ2v) is 6.57. The Labute approximate surface area is 123 Å². The monoisotopic (exact) mass is 275 g/mol. The Morgan fingerprint density at radius 3 is 2.65 bits per heavy atom. The molecule has 4 unspecified atom stereocenters. The van der Waals surface area contributed by atoms with Crippen LogP contribution in [-0.2, 0) is 0 Å². The van der Waals surface area contributed by atoms with Crippen molar-refractivity contribution in [3.8, 4) is 0 Å². The summed E-state index contributed by atoms with van der Waals surface area (Å²) in [5.41, 5.74) is 1.34. The van der Waals surface area contributed by atoms with Crippen molar-refractivity contribution in [2.75, 3.05) is 6.54 Å². The first-order valence-electron chi connectivity index (χ1n) is 8.11. The van der Waals surface area contributed by atoms with Crippen molar-refractivity contribution in [2.45, 2.75) is 64.0 Å². The fourth-order valence-electron chi connectivity index (χ4n) is 3.40. The molecule has 1 aliphatic rings. The maximum Gasteiger partial charge on any atom is 0.0518 e. The molecular weight excluding hydrogens is 246 g/mol. The second-order valence-electron chi connectivity index (χ2n) is 6.57. The van der Waals surface area contributed by atoms with Gasteiger partial charge >= 0.3 is 0 Å². The zero-order valence-corrected chi connectivity index (χ0v) is 12.9. The number of hydrogen-bond donors (Lipinski definition) is 2. The van der Waals surface area contributed by atoms with Crippen LogP contribution in [0.4, 0.5) is 0 Å². The molecule has 1 aromatic rings. The van der Waals surface area contributed by atoms with Crippen molar-refractivity contribution in [3.05, 3.63) is 35.9 Å². The number of nitrogens with one attached hydrogen (secondary N) is 1. The van der Waals surface area contributed by atoms with Gasteiger partial charge in [0.1, 0.15) is 0 Å². The molecule has 2 N–H and O–H groups in total. The van der Waals surface area contributed by atoms with Gasteiger partial charge in [-0.15, -0.1) is 0 Å². The molecule has 2 heteroatoms. The molecule has 0 amide bonds. The molecule has 0 radical (unpaired) electrons. The Kier molecular flexibility index (Phi) is 6.06. The fraction of sp³-hybridized carbons (Fsp3) is 0.667. The van der Waals surface area contributed by atoms with E-state index in [0.717, 1.165) is 18.9 Å².